The Balaban J connectivity index is 1.56. The second-order valence-electron chi connectivity index (χ2n) is 7.16. The van der Waals surface area contributed by atoms with Crippen LogP contribution in [-0.2, 0) is 11.2 Å². The molecule has 1 aliphatic heterocycles. The Kier molecular flexibility index (Phi) is 4.23. The summed E-state index contributed by atoms with van der Waals surface area (Å²) in [5.74, 6) is -0.394. The summed E-state index contributed by atoms with van der Waals surface area (Å²) < 4.78 is 14.5. The highest BCUT2D eigenvalue weighted by molar-refractivity contribution is 6.07. The molecule has 1 aliphatic carbocycles. The lowest BCUT2D eigenvalue weighted by atomic mass is 9.98. The van der Waals surface area contributed by atoms with Crippen LogP contribution in [0.2, 0.25) is 0 Å². The molecule has 4 nitrogen and oxygen atoms in total. The lowest BCUT2D eigenvalue weighted by Crippen LogP contribution is -2.36. The maximum absolute atomic E-state index is 14.5. The van der Waals surface area contributed by atoms with E-state index in [1.54, 1.807) is 24.3 Å². The van der Waals surface area contributed by atoms with E-state index < -0.39 is 0 Å². The van der Waals surface area contributed by atoms with Gasteiger partial charge >= 0.3 is 0 Å². The Morgan fingerprint density at radius 3 is 2.58 bits per heavy atom. The highest BCUT2D eigenvalue weighted by Gasteiger charge is 2.30. The Labute approximate surface area is 152 Å². The molecule has 5 heteroatoms. The van der Waals surface area contributed by atoms with E-state index in [4.69, 9.17) is 0 Å². The van der Waals surface area contributed by atoms with Crippen LogP contribution in [-0.4, -0.2) is 18.4 Å². The largest absolute Gasteiger partial charge is 0.326 e. The molecule has 4 rings (SSSR count). The van der Waals surface area contributed by atoms with Crippen LogP contribution in [0.1, 0.15) is 40.7 Å². The van der Waals surface area contributed by atoms with Crippen molar-refractivity contribution < 1.29 is 14.0 Å². The number of hydrogen-bond donors (Lipinski definition) is 1. The van der Waals surface area contributed by atoms with Gasteiger partial charge in [0.25, 0.3) is 5.91 Å². The SMILES string of the molecule is Cc1cc(F)c2c(c1)CCCN2C(=O)c1ccc(NC(=O)C2CC2)cc1. The topological polar surface area (TPSA) is 49.4 Å². The zero-order valence-corrected chi connectivity index (χ0v) is 14.7. The van der Waals surface area contributed by atoms with Gasteiger partial charge < -0.3 is 10.2 Å². The van der Waals surface area contributed by atoms with E-state index in [1.807, 2.05) is 13.0 Å². The highest BCUT2D eigenvalue weighted by atomic mass is 19.1. The molecule has 2 amide bonds. The van der Waals surface area contributed by atoms with Crippen LogP contribution in [0, 0.1) is 18.7 Å². The number of amides is 2. The third kappa shape index (κ3) is 3.21. The van der Waals surface area contributed by atoms with Gasteiger partial charge in [-0.25, -0.2) is 4.39 Å². The van der Waals surface area contributed by atoms with Crippen LogP contribution in [0.4, 0.5) is 15.8 Å². The Morgan fingerprint density at radius 1 is 1.15 bits per heavy atom. The van der Waals surface area contributed by atoms with Crippen molar-refractivity contribution in [2.75, 3.05) is 16.8 Å². The van der Waals surface area contributed by atoms with Gasteiger partial charge in [0.05, 0.1) is 5.69 Å². The van der Waals surface area contributed by atoms with Crippen molar-refractivity contribution in [3.63, 3.8) is 0 Å². The van der Waals surface area contributed by atoms with Crippen molar-refractivity contribution in [1.29, 1.82) is 0 Å². The van der Waals surface area contributed by atoms with Crippen LogP contribution in [0.5, 0.6) is 0 Å². The zero-order valence-electron chi connectivity index (χ0n) is 14.7. The zero-order chi connectivity index (χ0) is 18.3. The third-order valence-electron chi connectivity index (χ3n) is 4.98. The van der Waals surface area contributed by atoms with Gasteiger partial charge in [0.15, 0.2) is 0 Å². The Hall–Kier alpha value is -2.69. The molecule has 1 fully saturated rings. The molecule has 26 heavy (non-hydrogen) atoms. The molecule has 134 valence electrons. The predicted molar refractivity (Wildman–Crippen MR) is 98.9 cm³/mol. The Bertz CT molecular complexity index is 872. The monoisotopic (exact) mass is 352 g/mol. The first-order chi connectivity index (χ1) is 12.5. The number of benzene rings is 2. The number of carbonyl (C=O) groups is 2. The third-order valence-corrected chi connectivity index (χ3v) is 4.98. The number of nitrogens with one attached hydrogen (secondary N) is 1. The molecule has 2 aliphatic rings. The minimum atomic E-state index is -0.346. The van der Waals surface area contributed by atoms with E-state index in [0.717, 1.165) is 36.8 Å². The predicted octanol–water partition coefficient (Wildman–Crippen LogP) is 4.08. The number of aryl methyl sites for hydroxylation is 2. The second kappa shape index (κ2) is 6.56. The average Bonchev–Trinajstić information content (AvgIpc) is 3.46. The number of nitrogens with zero attached hydrogens (tertiary/aromatic N) is 1. The van der Waals surface area contributed by atoms with Crippen LogP contribution < -0.4 is 10.2 Å². The molecule has 0 radical (unpaired) electrons. The molecule has 1 N–H and O–H groups in total. The number of hydrogen-bond acceptors (Lipinski definition) is 2. The maximum atomic E-state index is 14.5. The first-order valence-electron chi connectivity index (χ1n) is 9.05. The van der Waals surface area contributed by atoms with Gasteiger partial charge in [-0.2, -0.15) is 0 Å². The van der Waals surface area contributed by atoms with Gasteiger partial charge in [-0.1, -0.05) is 6.07 Å². The van der Waals surface area contributed by atoms with E-state index in [2.05, 4.69) is 5.32 Å². The van der Waals surface area contributed by atoms with Crippen molar-refractivity contribution >= 4 is 23.2 Å². The molecule has 0 atom stereocenters. The van der Waals surface area contributed by atoms with Gasteiger partial charge in [-0.15, -0.1) is 0 Å². The minimum absolute atomic E-state index is 0.0338. The van der Waals surface area contributed by atoms with Crippen molar-refractivity contribution in [1.82, 2.24) is 0 Å². The van der Waals surface area contributed by atoms with Crippen LogP contribution in [0.15, 0.2) is 36.4 Å². The maximum Gasteiger partial charge on any atom is 0.258 e. The fraction of sp³-hybridized carbons (Fsp3) is 0.333. The number of rotatable bonds is 3. The van der Waals surface area contributed by atoms with Crippen LogP contribution in [0.25, 0.3) is 0 Å². The van der Waals surface area contributed by atoms with Crippen molar-refractivity contribution in [2.45, 2.75) is 32.6 Å². The number of fused-ring (bicyclic) bond motifs is 1. The van der Waals surface area contributed by atoms with Gasteiger partial charge in [0.1, 0.15) is 5.82 Å². The lowest BCUT2D eigenvalue weighted by Gasteiger charge is -2.30. The molecule has 2 aromatic carbocycles. The van der Waals surface area contributed by atoms with Gasteiger partial charge in [0, 0.05) is 23.7 Å². The molecular formula is C21H21FN2O2. The standard InChI is InChI=1S/C21H21FN2O2/c1-13-11-16-3-2-10-24(19(16)18(22)12-13)21(26)15-6-8-17(9-7-15)23-20(25)14-4-5-14/h6-9,11-12,14H,2-5,10H2,1H3,(H,23,25). The van der Waals surface area contributed by atoms with Crippen molar-refractivity contribution in [3.8, 4) is 0 Å². The van der Waals surface area contributed by atoms with Gasteiger partial charge in [0.2, 0.25) is 5.91 Å². The first kappa shape index (κ1) is 16.8. The van der Waals surface area contributed by atoms with E-state index >= 15 is 0 Å². The quantitative estimate of drug-likeness (QED) is 0.905. The summed E-state index contributed by atoms with van der Waals surface area (Å²) in [5, 5.41) is 2.86. The summed E-state index contributed by atoms with van der Waals surface area (Å²) >= 11 is 0. The molecular weight excluding hydrogens is 331 g/mol. The Morgan fingerprint density at radius 2 is 1.88 bits per heavy atom. The van der Waals surface area contributed by atoms with E-state index in [9.17, 15) is 14.0 Å². The first-order valence-corrected chi connectivity index (χ1v) is 9.05. The number of halogens is 1. The van der Waals surface area contributed by atoms with Crippen LogP contribution >= 0.6 is 0 Å². The summed E-state index contributed by atoms with van der Waals surface area (Å²) in [6.45, 7) is 2.37. The molecule has 2 aromatic rings. The number of carbonyl (C=O) groups excluding carboxylic acids is 2. The lowest BCUT2D eigenvalue weighted by molar-refractivity contribution is -0.117. The molecule has 1 saturated carbocycles. The van der Waals surface area contributed by atoms with Gasteiger partial charge in [-0.3, -0.25) is 9.59 Å². The van der Waals surface area contributed by atoms with E-state index in [0.29, 0.717) is 23.5 Å². The molecule has 0 unspecified atom stereocenters. The normalized spacial score (nSPS) is 16.2. The van der Waals surface area contributed by atoms with Crippen LogP contribution in [0.3, 0.4) is 0 Å². The summed E-state index contributed by atoms with van der Waals surface area (Å²) in [7, 11) is 0. The summed E-state index contributed by atoms with van der Waals surface area (Å²) in [6, 6.07) is 10.2. The highest BCUT2D eigenvalue weighted by Crippen LogP contribution is 2.33. The minimum Gasteiger partial charge on any atom is -0.326 e. The second-order valence-corrected chi connectivity index (χ2v) is 7.16. The number of anilines is 2. The molecule has 0 bridgehead atoms. The van der Waals surface area contributed by atoms with E-state index in [1.165, 1.54) is 11.0 Å². The van der Waals surface area contributed by atoms with Gasteiger partial charge in [-0.05, 0) is 74.1 Å². The van der Waals surface area contributed by atoms with Crippen molar-refractivity contribution in [2.24, 2.45) is 5.92 Å². The summed E-state index contributed by atoms with van der Waals surface area (Å²) in [6.07, 6.45) is 3.49. The smallest absolute Gasteiger partial charge is 0.258 e. The molecule has 0 saturated heterocycles. The molecule has 0 spiro atoms. The van der Waals surface area contributed by atoms with E-state index in [-0.39, 0.29) is 23.5 Å². The summed E-state index contributed by atoms with van der Waals surface area (Å²) in [5.41, 5.74) is 3.32. The van der Waals surface area contributed by atoms with Crippen molar-refractivity contribution in [3.05, 3.63) is 58.9 Å². The molecule has 1 heterocycles. The fourth-order valence-electron chi connectivity index (χ4n) is 3.48. The average molecular weight is 352 g/mol. The molecule has 0 aromatic heterocycles. The summed E-state index contributed by atoms with van der Waals surface area (Å²) in [4.78, 5) is 26.3. The fourth-order valence-corrected chi connectivity index (χ4v) is 3.48.